The van der Waals surface area contributed by atoms with Crippen LogP contribution >= 0.6 is 0 Å². The van der Waals surface area contributed by atoms with E-state index >= 15 is 0 Å². The molecule has 0 bridgehead atoms. The maximum Gasteiger partial charge on any atom is 0.162 e. The summed E-state index contributed by atoms with van der Waals surface area (Å²) in [5, 5.41) is 7.50. The van der Waals surface area contributed by atoms with E-state index in [9.17, 15) is 0 Å². The molecule has 1 N–H and O–H groups in total. The van der Waals surface area contributed by atoms with Crippen LogP contribution < -0.4 is 14.8 Å². The van der Waals surface area contributed by atoms with Crippen LogP contribution in [0.3, 0.4) is 0 Å². The fourth-order valence-corrected chi connectivity index (χ4v) is 1.90. The number of hydrogen-bond donors (Lipinski definition) is 1. The molecular formula is C14H19N3O2. The number of nitrogens with one attached hydrogen (secondary N) is 1. The zero-order valence-electron chi connectivity index (χ0n) is 11.5. The Balaban J connectivity index is 1.92. The van der Waals surface area contributed by atoms with Crippen LogP contribution in [0.15, 0.2) is 30.6 Å². The fourth-order valence-electron chi connectivity index (χ4n) is 1.90. The van der Waals surface area contributed by atoms with Crippen LogP contribution in [0.2, 0.25) is 0 Å². The maximum absolute atomic E-state index is 5.27. The lowest BCUT2D eigenvalue weighted by Crippen LogP contribution is -2.04. The summed E-state index contributed by atoms with van der Waals surface area (Å²) in [5.41, 5.74) is 2.23. The molecule has 0 unspecified atom stereocenters. The standard InChI is InChI=1S/C14H19N3O2/c1-17-10-11(9-16-17)6-7-15-12-4-5-13(18-2)14(8-12)19-3/h4-5,8-10,15H,6-7H2,1-3H3. The third kappa shape index (κ3) is 3.40. The van der Waals surface area contributed by atoms with Crippen LogP contribution in [0, 0.1) is 0 Å². The second kappa shape index (κ2) is 6.13. The number of ether oxygens (including phenoxy) is 2. The van der Waals surface area contributed by atoms with E-state index in [4.69, 9.17) is 9.47 Å². The van der Waals surface area contributed by atoms with Crippen molar-refractivity contribution in [2.45, 2.75) is 6.42 Å². The maximum atomic E-state index is 5.27. The highest BCUT2D eigenvalue weighted by Crippen LogP contribution is 2.29. The third-order valence-electron chi connectivity index (χ3n) is 2.88. The Labute approximate surface area is 113 Å². The number of aromatic nitrogens is 2. The molecule has 5 nitrogen and oxygen atoms in total. The number of methoxy groups -OCH3 is 2. The highest BCUT2D eigenvalue weighted by atomic mass is 16.5. The molecule has 1 aromatic carbocycles. The first-order valence-corrected chi connectivity index (χ1v) is 6.16. The van der Waals surface area contributed by atoms with Crippen molar-refractivity contribution in [3.05, 3.63) is 36.2 Å². The van der Waals surface area contributed by atoms with Crippen LogP contribution in [0.5, 0.6) is 11.5 Å². The lowest BCUT2D eigenvalue weighted by atomic mass is 10.2. The first-order chi connectivity index (χ1) is 9.22. The minimum atomic E-state index is 0.730. The van der Waals surface area contributed by atoms with Crippen molar-refractivity contribution in [3.63, 3.8) is 0 Å². The van der Waals surface area contributed by atoms with Gasteiger partial charge < -0.3 is 14.8 Å². The van der Waals surface area contributed by atoms with E-state index < -0.39 is 0 Å². The molecule has 0 atom stereocenters. The zero-order valence-corrected chi connectivity index (χ0v) is 11.5. The van der Waals surface area contributed by atoms with Crippen LogP contribution in [0.1, 0.15) is 5.56 Å². The van der Waals surface area contributed by atoms with Crippen molar-refractivity contribution in [2.75, 3.05) is 26.1 Å². The van der Waals surface area contributed by atoms with Gasteiger partial charge in [0, 0.05) is 31.5 Å². The number of nitrogens with zero attached hydrogens (tertiary/aromatic N) is 2. The summed E-state index contributed by atoms with van der Waals surface area (Å²) in [4.78, 5) is 0. The summed E-state index contributed by atoms with van der Waals surface area (Å²) in [6.45, 7) is 0.848. The lowest BCUT2D eigenvalue weighted by Gasteiger charge is -2.10. The van der Waals surface area contributed by atoms with Crippen LogP contribution in [-0.4, -0.2) is 30.5 Å². The Morgan fingerprint density at radius 1 is 1.21 bits per heavy atom. The zero-order chi connectivity index (χ0) is 13.7. The van der Waals surface area contributed by atoms with Crippen molar-refractivity contribution in [3.8, 4) is 11.5 Å². The van der Waals surface area contributed by atoms with Gasteiger partial charge in [0.2, 0.25) is 0 Å². The average molecular weight is 261 g/mol. The second-order valence-corrected chi connectivity index (χ2v) is 4.27. The Morgan fingerprint density at radius 2 is 2.00 bits per heavy atom. The summed E-state index contributed by atoms with van der Waals surface area (Å²) in [7, 11) is 5.19. The second-order valence-electron chi connectivity index (χ2n) is 4.27. The van der Waals surface area contributed by atoms with E-state index in [0.717, 1.165) is 30.2 Å². The lowest BCUT2D eigenvalue weighted by molar-refractivity contribution is 0.355. The van der Waals surface area contributed by atoms with Gasteiger partial charge in [0.25, 0.3) is 0 Å². The molecular weight excluding hydrogens is 242 g/mol. The highest BCUT2D eigenvalue weighted by Gasteiger charge is 2.04. The number of rotatable bonds is 6. The first-order valence-electron chi connectivity index (χ1n) is 6.16. The topological polar surface area (TPSA) is 48.3 Å². The quantitative estimate of drug-likeness (QED) is 0.865. The van der Waals surface area contributed by atoms with Gasteiger partial charge in [0.15, 0.2) is 11.5 Å². The SMILES string of the molecule is COc1ccc(NCCc2cnn(C)c2)cc1OC. The Kier molecular flexibility index (Phi) is 4.28. The van der Waals surface area contributed by atoms with E-state index in [1.807, 2.05) is 42.3 Å². The van der Waals surface area contributed by atoms with Gasteiger partial charge in [-0.3, -0.25) is 4.68 Å². The van der Waals surface area contributed by atoms with Gasteiger partial charge in [0.1, 0.15) is 0 Å². The van der Waals surface area contributed by atoms with Crippen molar-refractivity contribution in [1.82, 2.24) is 9.78 Å². The van der Waals surface area contributed by atoms with E-state index in [1.165, 1.54) is 5.56 Å². The fraction of sp³-hybridized carbons (Fsp3) is 0.357. The van der Waals surface area contributed by atoms with Crippen LogP contribution in [0.4, 0.5) is 5.69 Å². The molecule has 0 radical (unpaired) electrons. The highest BCUT2D eigenvalue weighted by molar-refractivity contribution is 5.54. The van der Waals surface area contributed by atoms with Crippen molar-refractivity contribution in [1.29, 1.82) is 0 Å². The number of anilines is 1. The monoisotopic (exact) mass is 261 g/mol. The van der Waals surface area contributed by atoms with Gasteiger partial charge in [-0.25, -0.2) is 0 Å². The average Bonchev–Trinajstić information content (AvgIpc) is 2.84. The molecule has 0 aliphatic rings. The van der Waals surface area contributed by atoms with Crippen LogP contribution in [0.25, 0.3) is 0 Å². The predicted molar refractivity (Wildman–Crippen MR) is 74.9 cm³/mol. The molecule has 2 aromatic rings. The summed E-state index contributed by atoms with van der Waals surface area (Å²) < 4.78 is 12.3. The predicted octanol–water partition coefficient (Wildman–Crippen LogP) is 2.09. The molecule has 2 rings (SSSR count). The molecule has 102 valence electrons. The first kappa shape index (κ1) is 13.3. The third-order valence-corrected chi connectivity index (χ3v) is 2.88. The van der Waals surface area contributed by atoms with E-state index in [-0.39, 0.29) is 0 Å². The summed E-state index contributed by atoms with van der Waals surface area (Å²) >= 11 is 0. The molecule has 1 heterocycles. The molecule has 1 aromatic heterocycles. The normalized spacial score (nSPS) is 10.3. The number of aryl methyl sites for hydroxylation is 1. The van der Waals surface area contributed by atoms with Gasteiger partial charge in [-0.15, -0.1) is 0 Å². The van der Waals surface area contributed by atoms with Gasteiger partial charge in [-0.2, -0.15) is 5.10 Å². The number of hydrogen-bond acceptors (Lipinski definition) is 4. The van der Waals surface area contributed by atoms with Gasteiger partial charge in [0.05, 0.1) is 20.4 Å². The Hall–Kier alpha value is -2.17. The van der Waals surface area contributed by atoms with Gasteiger partial charge >= 0.3 is 0 Å². The largest absolute Gasteiger partial charge is 0.493 e. The summed E-state index contributed by atoms with van der Waals surface area (Å²) in [6, 6.07) is 5.80. The van der Waals surface area contributed by atoms with E-state index in [2.05, 4.69) is 10.4 Å². The smallest absolute Gasteiger partial charge is 0.162 e. The molecule has 0 amide bonds. The Morgan fingerprint density at radius 3 is 2.63 bits per heavy atom. The van der Waals surface area contributed by atoms with Gasteiger partial charge in [-0.1, -0.05) is 0 Å². The molecule has 5 heteroatoms. The minimum absolute atomic E-state index is 0.730. The Bertz CT molecular complexity index is 537. The summed E-state index contributed by atoms with van der Waals surface area (Å²) in [6.07, 6.45) is 4.84. The van der Waals surface area contributed by atoms with E-state index in [0.29, 0.717) is 0 Å². The molecule has 0 saturated heterocycles. The molecule has 0 aliphatic heterocycles. The van der Waals surface area contributed by atoms with Gasteiger partial charge in [-0.05, 0) is 24.1 Å². The van der Waals surface area contributed by atoms with Crippen LogP contribution in [-0.2, 0) is 13.5 Å². The molecule has 0 saturated carbocycles. The van der Waals surface area contributed by atoms with Crippen molar-refractivity contribution in [2.24, 2.45) is 7.05 Å². The van der Waals surface area contributed by atoms with Crippen molar-refractivity contribution < 1.29 is 9.47 Å². The van der Waals surface area contributed by atoms with E-state index in [1.54, 1.807) is 14.2 Å². The molecule has 0 fully saturated rings. The molecule has 0 aliphatic carbocycles. The molecule has 0 spiro atoms. The molecule has 19 heavy (non-hydrogen) atoms. The van der Waals surface area contributed by atoms with Crippen molar-refractivity contribution >= 4 is 5.69 Å². The number of benzene rings is 1. The minimum Gasteiger partial charge on any atom is -0.493 e. The summed E-state index contributed by atoms with van der Waals surface area (Å²) in [5.74, 6) is 1.47.